The van der Waals surface area contributed by atoms with E-state index < -0.39 is 5.97 Å². The molecule has 0 amide bonds. The van der Waals surface area contributed by atoms with Gasteiger partial charge in [-0.3, -0.25) is 0 Å². The van der Waals surface area contributed by atoms with Crippen molar-refractivity contribution in [3.05, 3.63) is 59.2 Å². The lowest BCUT2D eigenvalue weighted by Crippen LogP contribution is -1.98. The predicted molar refractivity (Wildman–Crippen MR) is 77.0 cm³/mol. The molecule has 2 aromatic rings. The highest BCUT2D eigenvalue weighted by Gasteiger charge is 2.06. The number of aromatic hydroxyl groups is 1. The molecule has 2 aromatic carbocycles. The van der Waals surface area contributed by atoms with Crippen molar-refractivity contribution >= 4 is 18.1 Å². The molecule has 2 rings (SSSR count). The fraction of sp³-hybridized carbons (Fsp3) is 0.0625. The van der Waals surface area contributed by atoms with Crippen LogP contribution in [-0.2, 0) is 0 Å². The molecule has 0 spiro atoms. The van der Waals surface area contributed by atoms with Crippen molar-refractivity contribution in [1.29, 1.82) is 0 Å². The number of phenols is 1. The van der Waals surface area contributed by atoms with Gasteiger partial charge >= 0.3 is 5.97 Å². The molecule has 20 heavy (non-hydrogen) atoms. The van der Waals surface area contributed by atoms with Crippen molar-refractivity contribution in [2.45, 2.75) is 0 Å². The summed E-state index contributed by atoms with van der Waals surface area (Å²) >= 11 is 0. The van der Waals surface area contributed by atoms with Crippen LogP contribution >= 0.6 is 0 Å². The number of carbonyl (C=O) groups is 1. The Balaban J connectivity index is 2.30. The Morgan fingerprint density at radius 2 is 1.90 bits per heavy atom. The van der Waals surface area contributed by atoms with Gasteiger partial charge in [0.05, 0.1) is 12.7 Å². The van der Waals surface area contributed by atoms with Gasteiger partial charge in [0.25, 0.3) is 0 Å². The van der Waals surface area contributed by atoms with Crippen molar-refractivity contribution < 1.29 is 19.7 Å². The van der Waals surface area contributed by atoms with E-state index in [0.717, 1.165) is 5.56 Å². The van der Waals surface area contributed by atoms with Crippen LogP contribution in [0.3, 0.4) is 0 Å². The largest absolute Gasteiger partial charge is 0.504 e. The van der Waals surface area contributed by atoms with E-state index in [-0.39, 0.29) is 11.3 Å². The first-order valence-electron chi connectivity index (χ1n) is 5.99. The van der Waals surface area contributed by atoms with Crippen molar-refractivity contribution in [2.24, 2.45) is 0 Å². The van der Waals surface area contributed by atoms with Crippen LogP contribution in [-0.4, -0.2) is 23.3 Å². The molecule has 0 aliphatic heterocycles. The van der Waals surface area contributed by atoms with Gasteiger partial charge in [-0.15, -0.1) is 0 Å². The number of hydrogen-bond acceptors (Lipinski definition) is 3. The molecule has 0 atom stereocenters. The second-order valence-corrected chi connectivity index (χ2v) is 4.16. The Morgan fingerprint density at radius 1 is 1.15 bits per heavy atom. The maximum absolute atomic E-state index is 11.1. The monoisotopic (exact) mass is 270 g/mol. The number of rotatable bonds is 4. The summed E-state index contributed by atoms with van der Waals surface area (Å²) in [6.45, 7) is 0. The first kappa shape index (κ1) is 13.7. The Morgan fingerprint density at radius 3 is 2.55 bits per heavy atom. The summed E-state index contributed by atoms with van der Waals surface area (Å²) in [5, 5.41) is 18.8. The fourth-order valence-electron chi connectivity index (χ4n) is 1.83. The van der Waals surface area contributed by atoms with Gasteiger partial charge in [-0.2, -0.15) is 0 Å². The first-order valence-corrected chi connectivity index (χ1v) is 5.99. The summed E-state index contributed by atoms with van der Waals surface area (Å²) < 4.78 is 4.96. The van der Waals surface area contributed by atoms with Crippen LogP contribution in [0.4, 0.5) is 0 Å². The standard InChI is InChI=1S/C16H14O4/c1-20-15-9-7-11(10-14(15)17)6-8-12-4-2-3-5-13(12)16(18)19/h2-10,17H,1H3,(H,18,19)/b8-6+. The van der Waals surface area contributed by atoms with Crippen LogP contribution in [0.1, 0.15) is 21.5 Å². The molecular weight excluding hydrogens is 256 g/mol. The Labute approximate surface area is 116 Å². The van der Waals surface area contributed by atoms with Gasteiger partial charge in [-0.1, -0.05) is 36.4 Å². The molecule has 0 aliphatic carbocycles. The summed E-state index contributed by atoms with van der Waals surface area (Å²) in [5.41, 5.74) is 1.60. The van der Waals surface area contributed by atoms with Crippen LogP contribution < -0.4 is 4.74 Å². The average molecular weight is 270 g/mol. The van der Waals surface area contributed by atoms with Crippen LogP contribution in [0.2, 0.25) is 0 Å². The summed E-state index contributed by atoms with van der Waals surface area (Å²) in [7, 11) is 1.48. The van der Waals surface area contributed by atoms with Gasteiger partial charge in [-0.25, -0.2) is 4.79 Å². The van der Waals surface area contributed by atoms with Gasteiger partial charge in [0.1, 0.15) is 0 Å². The number of carboxylic acids is 1. The zero-order valence-corrected chi connectivity index (χ0v) is 10.9. The number of ether oxygens (including phenoxy) is 1. The number of phenolic OH excluding ortho intramolecular Hbond substituents is 1. The average Bonchev–Trinajstić information content (AvgIpc) is 2.45. The van der Waals surface area contributed by atoms with Crippen LogP contribution in [0, 0.1) is 0 Å². The van der Waals surface area contributed by atoms with Gasteiger partial charge in [0, 0.05) is 0 Å². The molecule has 4 nitrogen and oxygen atoms in total. The molecule has 0 aliphatic rings. The van der Waals surface area contributed by atoms with Gasteiger partial charge < -0.3 is 14.9 Å². The lowest BCUT2D eigenvalue weighted by Gasteiger charge is -2.04. The minimum atomic E-state index is -0.970. The van der Waals surface area contributed by atoms with Gasteiger partial charge in [0.15, 0.2) is 11.5 Å². The second kappa shape index (κ2) is 5.93. The van der Waals surface area contributed by atoms with Crippen molar-refractivity contribution in [1.82, 2.24) is 0 Å². The normalized spacial score (nSPS) is 10.7. The zero-order chi connectivity index (χ0) is 14.5. The molecule has 0 aromatic heterocycles. The smallest absolute Gasteiger partial charge is 0.336 e. The summed E-state index contributed by atoms with van der Waals surface area (Å²) in [4.78, 5) is 11.1. The number of benzene rings is 2. The lowest BCUT2D eigenvalue weighted by molar-refractivity contribution is 0.0696. The molecule has 0 fully saturated rings. The molecular formula is C16H14O4. The Bertz CT molecular complexity index is 659. The van der Waals surface area contributed by atoms with Crippen LogP contribution in [0.5, 0.6) is 11.5 Å². The molecule has 2 N–H and O–H groups in total. The van der Waals surface area contributed by atoms with Crippen LogP contribution in [0.25, 0.3) is 12.2 Å². The summed E-state index contributed by atoms with van der Waals surface area (Å²) in [5.74, 6) is -0.530. The molecule has 0 saturated carbocycles. The maximum atomic E-state index is 11.1. The molecule has 4 heteroatoms. The van der Waals surface area contributed by atoms with E-state index in [0.29, 0.717) is 11.3 Å². The van der Waals surface area contributed by atoms with E-state index in [1.54, 1.807) is 54.6 Å². The van der Waals surface area contributed by atoms with E-state index in [2.05, 4.69) is 0 Å². The molecule has 0 saturated heterocycles. The Kier molecular flexibility index (Phi) is 4.05. The van der Waals surface area contributed by atoms with E-state index >= 15 is 0 Å². The highest BCUT2D eigenvalue weighted by atomic mass is 16.5. The maximum Gasteiger partial charge on any atom is 0.336 e. The number of hydrogen-bond donors (Lipinski definition) is 2. The topological polar surface area (TPSA) is 66.8 Å². The van der Waals surface area contributed by atoms with Crippen LogP contribution in [0.15, 0.2) is 42.5 Å². The van der Waals surface area contributed by atoms with Crippen molar-refractivity contribution in [2.75, 3.05) is 7.11 Å². The quantitative estimate of drug-likeness (QED) is 0.837. The van der Waals surface area contributed by atoms with E-state index in [1.165, 1.54) is 7.11 Å². The van der Waals surface area contributed by atoms with Crippen molar-refractivity contribution in [3.63, 3.8) is 0 Å². The predicted octanol–water partition coefficient (Wildman–Crippen LogP) is 3.27. The third kappa shape index (κ3) is 2.98. The second-order valence-electron chi connectivity index (χ2n) is 4.16. The van der Waals surface area contributed by atoms with Gasteiger partial charge in [-0.05, 0) is 29.3 Å². The molecule has 0 heterocycles. The third-order valence-electron chi connectivity index (χ3n) is 2.85. The number of carboxylic acid groups (broad SMARTS) is 1. The van der Waals surface area contributed by atoms with E-state index in [4.69, 9.17) is 9.84 Å². The third-order valence-corrected chi connectivity index (χ3v) is 2.85. The first-order chi connectivity index (χ1) is 9.61. The molecule has 0 unspecified atom stereocenters. The molecule has 102 valence electrons. The van der Waals surface area contributed by atoms with Crippen molar-refractivity contribution in [3.8, 4) is 11.5 Å². The fourth-order valence-corrected chi connectivity index (χ4v) is 1.83. The number of aromatic carboxylic acids is 1. The van der Waals surface area contributed by atoms with Gasteiger partial charge in [0.2, 0.25) is 0 Å². The zero-order valence-electron chi connectivity index (χ0n) is 10.9. The lowest BCUT2D eigenvalue weighted by atomic mass is 10.1. The minimum absolute atomic E-state index is 0.0427. The Hall–Kier alpha value is -2.75. The molecule has 0 radical (unpaired) electrons. The summed E-state index contributed by atoms with van der Waals surface area (Å²) in [6, 6.07) is 11.7. The minimum Gasteiger partial charge on any atom is -0.504 e. The number of methoxy groups -OCH3 is 1. The van der Waals surface area contributed by atoms with E-state index in [9.17, 15) is 9.90 Å². The highest BCUT2D eigenvalue weighted by molar-refractivity contribution is 5.93. The SMILES string of the molecule is COc1ccc(/C=C/c2ccccc2C(=O)O)cc1O. The highest BCUT2D eigenvalue weighted by Crippen LogP contribution is 2.27. The van der Waals surface area contributed by atoms with E-state index in [1.807, 2.05) is 0 Å². The molecule has 0 bridgehead atoms. The summed E-state index contributed by atoms with van der Waals surface area (Å²) in [6.07, 6.45) is 3.44.